The van der Waals surface area contributed by atoms with Crippen LogP contribution in [0.2, 0.25) is 0 Å². The highest BCUT2D eigenvalue weighted by molar-refractivity contribution is 6.20. The van der Waals surface area contributed by atoms with Crippen molar-refractivity contribution in [3.8, 4) is 0 Å². The molecule has 0 aromatic heterocycles. The molecule has 1 atom stereocenters. The van der Waals surface area contributed by atoms with Crippen LogP contribution < -0.4 is 0 Å². The molecule has 0 bridgehead atoms. The Morgan fingerprint density at radius 3 is 2.10 bits per heavy atom. The topological polar surface area (TPSA) is 20.2 Å². The lowest BCUT2D eigenvalue weighted by Crippen LogP contribution is -2.03. The van der Waals surface area contributed by atoms with Crippen molar-refractivity contribution >= 4 is 11.6 Å². The van der Waals surface area contributed by atoms with Gasteiger partial charge in [-0.3, -0.25) is 0 Å². The standard InChI is InChI=1S/C18H31ClO/c1-2-3-4-5-6-7-8-9-10-11-12-13-14-15-16-18(19)17-20/h3-4,6-7,9-10,18,20H,2,5,8,11-17H2,1H3/b4-3-,7-6-,10-9-. The van der Waals surface area contributed by atoms with Crippen LogP contribution in [0.1, 0.15) is 64.7 Å². The highest BCUT2D eigenvalue weighted by Crippen LogP contribution is 2.10. The van der Waals surface area contributed by atoms with Crippen molar-refractivity contribution in [1.29, 1.82) is 0 Å². The second kappa shape index (κ2) is 16.5. The first kappa shape index (κ1) is 19.5. The molecule has 0 aromatic rings. The van der Waals surface area contributed by atoms with E-state index in [1.54, 1.807) is 0 Å². The SMILES string of the molecule is CC/C=C\C/C=C\C/C=C\CCCCCCC(Cl)CO. The summed E-state index contributed by atoms with van der Waals surface area (Å²) in [6.45, 7) is 2.26. The molecular formula is C18H31ClO. The van der Waals surface area contributed by atoms with Crippen molar-refractivity contribution in [3.05, 3.63) is 36.5 Å². The zero-order valence-electron chi connectivity index (χ0n) is 12.9. The predicted octanol–water partition coefficient (Wildman–Crippen LogP) is 5.79. The quantitative estimate of drug-likeness (QED) is 0.259. The van der Waals surface area contributed by atoms with Crippen molar-refractivity contribution in [2.45, 2.75) is 70.1 Å². The van der Waals surface area contributed by atoms with Gasteiger partial charge in [-0.1, -0.05) is 62.6 Å². The number of aliphatic hydroxyl groups excluding tert-OH is 1. The Balaban J connectivity index is 3.25. The normalized spacial score (nSPS) is 13.9. The summed E-state index contributed by atoms with van der Waals surface area (Å²) in [5.41, 5.74) is 0. The molecule has 20 heavy (non-hydrogen) atoms. The molecule has 0 saturated heterocycles. The molecule has 0 aromatic carbocycles. The van der Waals surface area contributed by atoms with Gasteiger partial charge in [0.05, 0.1) is 12.0 Å². The van der Waals surface area contributed by atoms with Gasteiger partial charge >= 0.3 is 0 Å². The zero-order chi connectivity index (χ0) is 14.9. The van der Waals surface area contributed by atoms with E-state index in [2.05, 4.69) is 43.4 Å². The Labute approximate surface area is 130 Å². The van der Waals surface area contributed by atoms with Crippen molar-refractivity contribution in [3.63, 3.8) is 0 Å². The molecule has 1 unspecified atom stereocenters. The molecule has 116 valence electrons. The fourth-order valence-corrected chi connectivity index (χ4v) is 2.05. The lowest BCUT2D eigenvalue weighted by molar-refractivity contribution is 0.286. The lowest BCUT2D eigenvalue weighted by atomic mass is 10.1. The summed E-state index contributed by atoms with van der Waals surface area (Å²) < 4.78 is 0. The average Bonchev–Trinajstić information content (AvgIpc) is 2.47. The fraction of sp³-hybridized carbons (Fsp3) is 0.667. The third-order valence-corrected chi connectivity index (χ3v) is 3.47. The molecule has 0 radical (unpaired) electrons. The molecule has 0 saturated carbocycles. The Morgan fingerprint density at radius 1 is 0.850 bits per heavy atom. The molecule has 2 heteroatoms. The van der Waals surface area contributed by atoms with E-state index in [1.165, 1.54) is 25.7 Å². The summed E-state index contributed by atoms with van der Waals surface area (Å²) >= 11 is 5.84. The summed E-state index contributed by atoms with van der Waals surface area (Å²) in [6, 6.07) is 0. The molecule has 0 fully saturated rings. The van der Waals surface area contributed by atoms with Crippen molar-refractivity contribution in [1.82, 2.24) is 0 Å². The summed E-state index contributed by atoms with van der Waals surface area (Å²) in [6.07, 6.45) is 23.6. The molecule has 0 rings (SSSR count). The van der Waals surface area contributed by atoms with Gasteiger partial charge in [0.1, 0.15) is 0 Å². The van der Waals surface area contributed by atoms with Crippen LogP contribution in [0.15, 0.2) is 36.5 Å². The van der Waals surface area contributed by atoms with Crippen LogP contribution in [-0.2, 0) is 0 Å². The van der Waals surface area contributed by atoms with Gasteiger partial charge in [-0.15, -0.1) is 11.6 Å². The first-order chi connectivity index (χ1) is 9.81. The van der Waals surface area contributed by atoms with Gasteiger partial charge in [0.15, 0.2) is 0 Å². The third kappa shape index (κ3) is 15.5. The first-order valence-electron chi connectivity index (χ1n) is 8.01. The van der Waals surface area contributed by atoms with Crippen LogP contribution in [-0.4, -0.2) is 17.1 Å². The van der Waals surface area contributed by atoms with Crippen LogP contribution in [0.3, 0.4) is 0 Å². The van der Waals surface area contributed by atoms with Gasteiger partial charge in [0.2, 0.25) is 0 Å². The molecule has 0 aliphatic rings. The van der Waals surface area contributed by atoms with E-state index < -0.39 is 0 Å². The van der Waals surface area contributed by atoms with Crippen molar-refractivity contribution in [2.75, 3.05) is 6.61 Å². The van der Waals surface area contributed by atoms with Gasteiger partial charge in [-0.2, -0.15) is 0 Å². The van der Waals surface area contributed by atoms with Crippen LogP contribution in [0, 0.1) is 0 Å². The number of alkyl halides is 1. The Hall–Kier alpha value is -0.530. The lowest BCUT2D eigenvalue weighted by Gasteiger charge is -2.04. The van der Waals surface area contributed by atoms with Crippen LogP contribution >= 0.6 is 11.6 Å². The van der Waals surface area contributed by atoms with Gasteiger partial charge in [0, 0.05) is 0 Å². The first-order valence-corrected chi connectivity index (χ1v) is 8.44. The highest BCUT2D eigenvalue weighted by atomic mass is 35.5. The average molecular weight is 299 g/mol. The number of halogens is 1. The van der Waals surface area contributed by atoms with Gasteiger partial charge in [-0.25, -0.2) is 0 Å². The molecule has 0 aliphatic heterocycles. The van der Waals surface area contributed by atoms with E-state index in [0.29, 0.717) is 0 Å². The second-order valence-corrected chi connectivity index (χ2v) is 5.68. The number of rotatable bonds is 13. The second-order valence-electron chi connectivity index (χ2n) is 5.07. The number of aliphatic hydroxyl groups is 1. The summed E-state index contributed by atoms with van der Waals surface area (Å²) in [4.78, 5) is 0. The maximum atomic E-state index is 8.79. The Morgan fingerprint density at radius 2 is 1.45 bits per heavy atom. The van der Waals surface area contributed by atoms with Gasteiger partial charge in [-0.05, 0) is 38.5 Å². The minimum atomic E-state index is -0.0474. The van der Waals surface area contributed by atoms with Crippen LogP contribution in [0.25, 0.3) is 0 Å². The largest absolute Gasteiger partial charge is 0.395 e. The molecule has 0 spiro atoms. The van der Waals surface area contributed by atoms with Crippen molar-refractivity contribution < 1.29 is 5.11 Å². The zero-order valence-corrected chi connectivity index (χ0v) is 13.7. The van der Waals surface area contributed by atoms with E-state index in [4.69, 9.17) is 16.7 Å². The van der Waals surface area contributed by atoms with E-state index in [9.17, 15) is 0 Å². The minimum Gasteiger partial charge on any atom is -0.395 e. The van der Waals surface area contributed by atoms with E-state index in [1.807, 2.05) is 0 Å². The highest BCUT2D eigenvalue weighted by Gasteiger charge is 2.00. The number of unbranched alkanes of at least 4 members (excludes halogenated alkanes) is 4. The summed E-state index contributed by atoms with van der Waals surface area (Å²) in [5, 5.41) is 8.74. The maximum absolute atomic E-state index is 8.79. The molecule has 0 aliphatic carbocycles. The van der Waals surface area contributed by atoms with Crippen molar-refractivity contribution in [2.24, 2.45) is 0 Å². The number of hydrogen-bond donors (Lipinski definition) is 1. The van der Waals surface area contributed by atoms with E-state index in [0.717, 1.165) is 32.1 Å². The predicted molar refractivity (Wildman–Crippen MR) is 91.4 cm³/mol. The molecule has 0 amide bonds. The number of hydrogen-bond acceptors (Lipinski definition) is 1. The maximum Gasteiger partial charge on any atom is 0.0595 e. The van der Waals surface area contributed by atoms with Gasteiger partial charge < -0.3 is 5.11 Å². The van der Waals surface area contributed by atoms with Crippen LogP contribution in [0.4, 0.5) is 0 Å². The van der Waals surface area contributed by atoms with Gasteiger partial charge in [0.25, 0.3) is 0 Å². The number of allylic oxidation sites excluding steroid dienone is 6. The summed E-state index contributed by atoms with van der Waals surface area (Å²) in [7, 11) is 0. The summed E-state index contributed by atoms with van der Waals surface area (Å²) in [5.74, 6) is 0. The molecular weight excluding hydrogens is 268 g/mol. The molecule has 1 N–H and O–H groups in total. The van der Waals surface area contributed by atoms with Crippen LogP contribution in [0.5, 0.6) is 0 Å². The fourth-order valence-electron chi connectivity index (χ4n) is 1.90. The molecule has 0 heterocycles. The third-order valence-electron chi connectivity index (χ3n) is 3.12. The minimum absolute atomic E-state index is 0.0474. The molecule has 1 nitrogen and oxygen atoms in total. The Kier molecular flexibility index (Phi) is 16.1. The Bertz CT molecular complexity index is 269. The smallest absolute Gasteiger partial charge is 0.0595 e. The monoisotopic (exact) mass is 298 g/mol. The van der Waals surface area contributed by atoms with E-state index in [-0.39, 0.29) is 12.0 Å². The van der Waals surface area contributed by atoms with E-state index >= 15 is 0 Å².